The van der Waals surface area contributed by atoms with Crippen molar-refractivity contribution in [2.45, 2.75) is 30.4 Å². The summed E-state index contributed by atoms with van der Waals surface area (Å²) in [4.78, 5) is 26.6. The van der Waals surface area contributed by atoms with Gasteiger partial charge in [0.25, 0.3) is 0 Å². The maximum Gasteiger partial charge on any atom is 0.330 e. The Labute approximate surface area is 161 Å². The fourth-order valence-corrected chi connectivity index (χ4v) is 5.54. The number of rotatable bonds is 4. The number of hydrogen-bond acceptors (Lipinski definition) is 4. The molecule has 0 spiro atoms. The smallest absolute Gasteiger partial charge is 0.330 e. The number of ether oxygens (including phenoxy) is 1. The molecule has 2 heterocycles. The van der Waals surface area contributed by atoms with E-state index in [9.17, 15) is 9.59 Å². The summed E-state index contributed by atoms with van der Waals surface area (Å²) < 4.78 is 5.50. The van der Waals surface area contributed by atoms with Crippen molar-refractivity contribution in [3.05, 3.63) is 70.7 Å². The zero-order valence-electron chi connectivity index (χ0n) is 14.1. The summed E-state index contributed by atoms with van der Waals surface area (Å²) >= 11 is 7.63. The predicted octanol–water partition coefficient (Wildman–Crippen LogP) is 3.97. The van der Waals surface area contributed by atoms with E-state index in [-0.39, 0.29) is 18.5 Å². The second kappa shape index (κ2) is 6.97. The number of benzene rings is 2. The number of thioether (sulfide) groups is 1. The van der Waals surface area contributed by atoms with Crippen molar-refractivity contribution in [1.29, 1.82) is 0 Å². The lowest BCUT2D eigenvalue weighted by molar-refractivity contribution is -0.155. The SMILES string of the molecule is O=C(OCc1cccc(Cl)c1)[C@H]1CS[C@]2(c3ccccc3)CCC(=O)N12. The number of amides is 1. The maximum absolute atomic E-state index is 12.7. The third-order valence-electron chi connectivity index (χ3n) is 4.89. The van der Waals surface area contributed by atoms with Gasteiger partial charge >= 0.3 is 5.97 Å². The highest BCUT2D eigenvalue weighted by molar-refractivity contribution is 8.00. The first-order valence-electron chi connectivity index (χ1n) is 8.53. The molecular weight excluding hydrogens is 370 g/mol. The number of halogens is 1. The fraction of sp³-hybridized carbons (Fsp3) is 0.300. The van der Waals surface area contributed by atoms with Gasteiger partial charge in [-0.15, -0.1) is 11.8 Å². The van der Waals surface area contributed by atoms with Crippen molar-refractivity contribution in [2.75, 3.05) is 5.75 Å². The van der Waals surface area contributed by atoms with Crippen LogP contribution in [0.5, 0.6) is 0 Å². The number of carbonyl (C=O) groups is 2. The van der Waals surface area contributed by atoms with E-state index in [1.165, 1.54) is 0 Å². The number of fused-ring (bicyclic) bond motifs is 1. The molecule has 0 unspecified atom stereocenters. The monoisotopic (exact) mass is 387 g/mol. The van der Waals surface area contributed by atoms with Crippen molar-refractivity contribution in [1.82, 2.24) is 4.90 Å². The first-order chi connectivity index (χ1) is 12.6. The highest BCUT2D eigenvalue weighted by atomic mass is 35.5. The van der Waals surface area contributed by atoms with E-state index >= 15 is 0 Å². The van der Waals surface area contributed by atoms with E-state index in [0.29, 0.717) is 17.2 Å². The van der Waals surface area contributed by atoms with Crippen molar-refractivity contribution in [2.24, 2.45) is 0 Å². The number of hydrogen-bond donors (Lipinski definition) is 0. The van der Waals surface area contributed by atoms with Crippen LogP contribution in [0, 0.1) is 0 Å². The second-order valence-electron chi connectivity index (χ2n) is 6.48. The van der Waals surface area contributed by atoms with E-state index < -0.39 is 10.9 Å². The van der Waals surface area contributed by atoms with Gasteiger partial charge in [-0.05, 0) is 29.7 Å². The molecule has 4 rings (SSSR count). The molecule has 2 aromatic rings. The van der Waals surface area contributed by atoms with Crippen molar-refractivity contribution in [3.8, 4) is 0 Å². The van der Waals surface area contributed by atoms with E-state index in [4.69, 9.17) is 16.3 Å². The van der Waals surface area contributed by atoms with Crippen LogP contribution in [-0.4, -0.2) is 28.6 Å². The van der Waals surface area contributed by atoms with Gasteiger partial charge in [0.05, 0.1) is 0 Å². The average molecular weight is 388 g/mol. The van der Waals surface area contributed by atoms with Crippen LogP contribution in [0.2, 0.25) is 5.02 Å². The third kappa shape index (κ3) is 2.99. The minimum Gasteiger partial charge on any atom is -0.459 e. The summed E-state index contributed by atoms with van der Waals surface area (Å²) in [6.45, 7) is 0.154. The highest BCUT2D eigenvalue weighted by Gasteiger charge is 2.57. The van der Waals surface area contributed by atoms with Gasteiger partial charge in [-0.2, -0.15) is 0 Å². The minimum absolute atomic E-state index is 0.0172. The molecule has 26 heavy (non-hydrogen) atoms. The maximum atomic E-state index is 12.7. The summed E-state index contributed by atoms with van der Waals surface area (Å²) in [7, 11) is 0. The molecular formula is C20H18ClNO3S. The van der Waals surface area contributed by atoms with Gasteiger partial charge in [0.15, 0.2) is 0 Å². The van der Waals surface area contributed by atoms with Gasteiger partial charge in [0, 0.05) is 17.2 Å². The molecule has 0 N–H and O–H groups in total. The van der Waals surface area contributed by atoms with Crippen molar-refractivity contribution >= 4 is 35.2 Å². The highest BCUT2D eigenvalue weighted by Crippen LogP contribution is 2.54. The average Bonchev–Trinajstić information content (AvgIpc) is 3.20. The zero-order valence-corrected chi connectivity index (χ0v) is 15.6. The molecule has 1 amide bonds. The molecule has 0 saturated carbocycles. The molecule has 0 radical (unpaired) electrons. The van der Waals surface area contributed by atoms with E-state index in [2.05, 4.69) is 0 Å². The Morgan fingerprint density at radius 1 is 1.23 bits per heavy atom. The molecule has 0 bridgehead atoms. The van der Waals surface area contributed by atoms with Gasteiger partial charge in [0.2, 0.25) is 5.91 Å². The largest absolute Gasteiger partial charge is 0.459 e. The lowest BCUT2D eigenvalue weighted by Crippen LogP contribution is -2.46. The van der Waals surface area contributed by atoms with Crippen molar-refractivity contribution in [3.63, 3.8) is 0 Å². The normalized spacial score (nSPS) is 24.6. The first-order valence-corrected chi connectivity index (χ1v) is 9.89. The summed E-state index contributed by atoms with van der Waals surface area (Å²) in [5, 5.41) is 0.604. The molecule has 2 aromatic carbocycles. The van der Waals surface area contributed by atoms with Crippen molar-refractivity contribution < 1.29 is 14.3 Å². The Bertz CT molecular complexity index is 844. The molecule has 2 fully saturated rings. The van der Waals surface area contributed by atoms with Crippen LogP contribution in [0.25, 0.3) is 0 Å². The molecule has 2 saturated heterocycles. The van der Waals surface area contributed by atoms with Crippen LogP contribution in [0.4, 0.5) is 0 Å². The fourth-order valence-electron chi connectivity index (χ4n) is 3.69. The Kier molecular flexibility index (Phi) is 4.67. The van der Waals surface area contributed by atoms with E-state index in [1.54, 1.807) is 28.8 Å². The van der Waals surface area contributed by atoms with Crippen LogP contribution in [0.1, 0.15) is 24.0 Å². The Morgan fingerprint density at radius 2 is 2.04 bits per heavy atom. The van der Waals surface area contributed by atoms with Gasteiger partial charge in [-0.3, -0.25) is 4.79 Å². The molecule has 0 aliphatic carbocycles. The summed E-state index contributed by atoms with van der Waals surface area (Å²) in [6.07, 6.45) is 1.18. The summed E-state index contributed by atoms with van der Waals surface area (Å²) in [5.74, 6) is 0.212. The first kappa shape index (κ1) is 17.4. The van der Waals surface area contributed by atoms with E-state index in [0.717, 1.165) is 17.5 Å². The molecule has 0 aromatic heterocycles. The topological polar surface area (TPSA) is 46.6 Å². The molecule has 134 valence electrons. The molecule has 4 nitrogen and oxygen atoms in total. The van der Waals surface area contributed by atoms with Crippen LogP contribution in [0.3, 0.4) is 0 Å². The molecule has 2 aliphatic heterocycles. The third-order valence-corrected chi connectivity index (χ3v) is 6.73. The van der Waals surface area contributed by atoms with Gasteiger partial charge < -0.3 is 9.64 Å². The molecule has 2 atom stereocenters. The second-order valence-corrected chi connectivity index (χ2v) is 8.21. The number of carbonyl (C=O) groups excluding carboxylic acids is 2. The van der Waals surface area contributed by atoms with Gasteiger partial charge in [-0.25, -0.2) is 4.79 Å². The lowest BCUT2D eigenvalue weighted by atomic mass is 10.0. The minimum atomic E-state index is -0.547. The van der Waals surface area contributed by atoms with Gasteiger partial charge in [-0.1, -0.05) is 54.1 Å². The zero-order chi connectivity index (χ0) is 18.1. The standard InChI is InChI=1S/C20H18ClNO3S/c21-16-8-4-5-14(11-16)12-25-19(24)17-13-26-20(10-9-18(23)22(17)20)15-6-2-1-3-7-15/h1-8,11,17H,9-10,12-13H2/t17-,20+/m1/s1. The number of esters is 1. The van der Waals surface area contributed by atoms with Crippen LogP contribution in [-0.2, 0) is 25.8 Å². The van der Waals surface area contributed by atoms with E-state index in [1.807, 2.05) is 42.5 Å². The molecule has 6 heteroatoms. The van der Waals surface area contributed by atoms with Crippen LogP contribution < -0.4 is 0 Å². The predicted molar refractivity (Wildman–Crippen MR) is 102 cm³/mol. The Hall–Kier alpha value is -1.98. The van der Waals surface area contributed by atoms with Crippen LogP contribution >= 0.6 is 23.4 Å². The summed E-state index contributed by atoms with van der Waals surface area (Å²) in [6, 6.07) is 16.6. The molecule has 2 aliphatic rings. The quantitative estimate of drug-likeness (QED) is 0.744. The summed E-state index contributed by atoms with van der Waals surface area (Å²) in [5.41, 5.74) is 1.90. The Morgan fingerprint density at radius 3 is 2.81 bits per heavy atom. The van der Waals surface area contributed by atoms with Gasteiger partial charge in [0.1, 0.15) is 17.5 Å². The Balaban J connectivity index is 1.52. The lowest BCUT2D eigenvalue weighted by Gasteiger charge is -2.33. The van der Waals surface area contributed by atoms with Crippen LogP contribution in [0.15, 0.2) is 54.6 Å². The number of nitrogens with zero attached hydrogens (tertiary/aromatic N) is 1.